The summed E-state index contributed by atoms with van der Waals surface area (Å²) in [5.74, 6) is -0.238. The van der Waals surface area contributed by atoms with Gasteiger partial charge in [-0.25, -0.2) is 4.98 Å². The summed E-state index contributed by atoms with van der Waals surface area (Å²) in [6, 6.07) is 5.83. The van der Waals surface area contributed by atoms with E-state index >= 15 is 0 Å². The molecule has 1 aromatic heterocycles. The van der Waals surface area contributed by atoms with Gasteiger partial charge in [0.2, 0.25) is 0 Å². The van der Waals surface area contributed by atoms with Crippen LogP contribution in [0.25, 0.3) is 10.6 Å². The quantitative estimate of drug-likeness (QED) is 0.911. The van der Waals surface area contributed by atoms with Crippen molar-refractivity contribution in [3.05, 3.63) is 35.3 Å². The lowest BCUT2D eigenvalue weighted by Gasteiger charge is -2.09. The maximum absolute atomic E-state index is 12.2. The van der Waals surface area contributed by atoms with Crippen LogP contribution >= 0.6 is 11.3 Å². The Bertz CT molecular complexity index is 569. The molecule has 0 amide bonds. The molecular formula is C13H13F3N2OS. The number of ether oxygens (including phenoxy) is 1. The number of nitrogens with one attached hydrogen (secondary N) is 1. The van der Waals surface area contributed by atoms with Crippen LogP contribution in [-0.2, 0) is 6.54 Å². The Labute approximate surface area is 118 Å². The Kier molecular flexibility index (Phi) is 4.61. The van der Waals surface area contributed by atoms with Crippen LogP contribution in [0.4, 0.5) is 13.2 Å². The fourth-order valence-corrected chi connectivity index (χ4v) is 2.42. The van der Waals surface area contributed by atoms with E-state index in [0.29, 0.717) is 17.1 Å². The number of halogens is 3. The second kappa shape index (κ2) is 6.23. The van der Waals surface area contributed by atoms with Crippen LogP contribution in [0.1, 0.15) is 12.6 Å². The third-order valence-electron chi connectivity index (χ3n) is 2.42. The standard InChI is InChI=1S/C13H13F3N2OS/c1-2-17-7-10-8-20-12(18-10)9-4-3-5-11(6-9)19-13(14,15)16/h3-6,8,17H,2,7H2,1H3. The average molecular weight is 302 g/mol. The van der Waals surface area contributed by atoms with Crippen molar-refractivity contribution in [2.75, 3.05) is 6.54 Å². The molecule has 7 heteroatoms. The highest BCUT2D eigenvalue weighted by Gasteiger charge is 2.31. The molecule has 1 N–H and O–H groups in total. The number of aromatic nitrogens is 1. The summed E-state index contributed by atoms with van der Waals surface area (Å²) in [6.45, 7) is 3.47. The van der Waals surface area contributed by atoms with Crippen molar-refractivity contribution < 1.29 is 17.9 Å². The third-order valence-corrected chi connectivity index (χ3v) is 3.36. The van der Waals surface area contributed by atoms with Crippen molar-refractivity contribution in [2.24, 2.45) is 0 Å². The van der Waals surface area contributed by atoms with Crippen molar-refractivity contribution in [2.45, 2.75) is 19.8 Å². The third kappa shape index (κ3) is 4.21. The lowest BCUT2D eigenvalue weighted by Crippen LogP contribution is -2.17. The lowest BCUT2D eigenvalue weighted by molar-refractivity contribution is -0.274. The van der Waals surface area contributed by atoms with Crippen molar-refractivity contribution in [3.8, 4) is 16.3 Å². The summed E-state index contributed by atoms with van der Waals surface area (Å²) < 4.78 is 40.4. The molecule has 0 saturated carbocycles. The van der Waals surface area contributed by atoms with Gasteiger partial charge < -0.3 is 10.1 Å². The molecule has 0 bridgehead atoms. The van der Waals surface area contributed by atoms with E-state index in [1.807, 2.05) is 12.3 Å². The number of thiazole rings is 1. The summed E-state index contributed by atoms with van der Waals surface area (Å²) in [5.41, 5.74) is 1.48. The van der Waals surface area contributed by atoms with Crippen molar-refractivity contribution in [1.82, 2.24) is 10.3 Å². The van der Waals surface area contributed by atoms with Gasteiger partial charge in [0.15, 0.2) is 0 Å². The molecule has 1 aromatic carbocycles. The smallest absolute Gasteiger partial charge is 0.406 e. The van der Waals surface area contributed by atoms with Crippen LogP contribution in [0.15, 0.2) is 29.6 Å². The zero-order valence-electron chi connectivity index (χ0n) is 10.7. The van der Waals surface area contributed by atoms with E-state index in [1.54, 1.807) is 6.07 Å². The number of benzene rings is 1. The Morgan fingerprint density at radius 1 is 1.35 bits per heavy atom. The first kappa shape index (κ1) is 14.8. The van der Waals surface area contributed by atoms with Crippen LogP contribution in [0.3, 0.4) is 0 Å². The van der Waals surface area contributed by atoms with Gasteiger partial charge in [-0.3, -0.25) is 0 Å². The van der Waals surface area contributed by atoms with Gasteiger partial charge in [0.25, 0.3) is 0 Å². The Hall–Kier alpha value is -1.60. The van der Waals surface area contributed by atoms with Gasteiger partial charge in [0.1, 0.15) is 10.8 Å². The molecule has 0 radical (unpaired) electrons. The van der Waals surface area contributed by atoms with Gasteiger partial charge in [-0.15, -0.1) is 24.5 Å². The van der Waals surface area contributed by atoms with E-state index in [2.05, 4.69) is 15.0 Å². The van der Waals surface area contributed by atoms with E-state index in [0.717, 1.165) is 12.2 Å². The highest BCUT2D eigenvalue weighted by molar-refractivity contribution is 7.13. The van der Waals surface area contributed by atoms with E-state index < -0.39 is 6.36 Å². The number of hydrogen-bond donors (Lipinski definition) is 1. The van der Waals surface area contributed by atoms with E-state index in [-0.39, 0.29) is 5.75 Å². The summed E-state index contributed by atoms with van der Waals surface area (Å²) in [4.78, 5) is 4.37. The number of alkyl halides is 3. The van der Waals surface area contributed by atoms with Gasteiger partial charge >= 0.3 is 6.36 Å². The molecular weight excluding hydrogens is 289 g/mol. The number of nitrogens with zero attached hydrogens (tertiary/aromatic N) is 1. The van der Waals surface area contributed by atoms with Gasteiger partial charge in [0.05, 0.1) is 5.69 Å². The van der Waals surface area contributed by atoms with Crippen LogP contribution < -0.4 is 10.1 Å². The highest BCUT2D eigenvalue weighted by Crippen LogP contribution is 2.29. The molecule has 0 unspecified atom stereocenters. The fourth-order valence-electron chi connectivity index (χ4n) is 1.60. The topological polar surface area (TPSA) is 34.1 Å². The molecule has 0 fully saturated rings. The van der Waals surface area contributed by atoms with Gasteiger partial charge in [-0.1, -0.05) is 19.1 Å². The number of hydrogen-bond acceptors (Lipinski definition) is 4. The average Bonchev–Trinajstić information content (AvgIpc) is 2.83. The summed E-state index contributed by atoms with van der Waals surface area (Å²) in [5, 5.41) is 5.70. The fraction of sp³-hybridized carbons (Fsp3) is 0.308. The molecule has 0 aliphatic heterocycles. The zero-order chi connectivity index (χ0) is 14.6. The van der Waals surface area contributed by atoms with E-state index in [9.17, 15) is 13.2 Å². The van der Waals surface area contributed by atoms with Crippen LogP contribution in [0, 0.1) is 0 Å². The summed E-state index contributed by atoms with van der Waals surface area (Å²) >= 11 is 1.39. The van der Waals surface area contributed by atoms with Crippen molar-refractivity contribution >= 4 is 11.3 Å². The SMILES string of the molecule is CCNCc1csc(-c2cccc(OC(F)(F)F)c2)n1. The van der Waals surface area contributed by atoms with E-state index in [1.165, 1.54) is 29.5 Å². The lowest BCUT2D eigenvalue weighted by atomic mass is 10.2. The molecule has 0 aliphatic rings. The molecule has 0 aliphatic carbocycles. The van der Waals surface area contributed by atoms with Crippen LogP contribution in [0.2, 0.25) is 0 Å². The van der Waals surface area contributed by atoms with Gasteiger partial charge in [-0.2, -0.15) is 0 Å². The van der Waals surface area contributed by atoms with Crippen LogP contribution in [0.5, 0.6) is 5.75 Å². The minimum absolute atomic E-state index is 0.238. The second-order valence-corrected chi connectivity index (χ2v) is 4.86. The van der Waals surface area contributed by atoms with Gasteiger partial charge in [0, 0.05) is 17.5 Å². The maximum Gasteiger partial charge on any atom is 0.573 e. The van der Waals surface area contributed by atoms with Crippen LogP contribution in [-0.4, -0.2) is 17.9 Å². The molecule has 3 nitrogen and oxygen atoms in total. The molecule has 2 aromatic rings. The van der Waals surface area contributed by atoms with Crippen molar-refractivity contribution in [3.63, 3.8) is 0 Å². The monoisotopic (exact) mass is 302 g/mol. The molecule has 0 atom stereocenters. The minimum atomic E-state index is -4.68. The number of rotatable bonds is 5. The first-order chi connectivity index (χ1) is 9.48. The second-order valence-electron chi connectivity index (χ2n) is 4.00. The molecule has 108 valence electrons. The highest BCUT2D eigenvalue weighted by atomic mass is 32.1. The zero-order valence-corrected chi connectivity index (χ0v) is 11.5. The van der Waals surface area contributed by atoms with Crippen molar-refractivity contribution in [1.29, 1.82) is 0 Å². The first-order valence-electron chi connectivity index (χ1n) is 5.99. The molecule has 1 heterocycles. The Morgan fingerprint density at radius 2 is 2.15 bits per heavy atom. The van der Waals surface area contributed by atoms with Gasteiger partial charge in [-0.05, 0) is 18.7 Å². The molecule has 2 rings (SSSR count). The predicted molar refractivity (Wildman–Crippen MR) is 71.6 cm³/mol. The maximum atomic E-state index is 12.2. The Morgan fingerprint density at radius 3 is 2.85 bits per heavy atom. The Balaban J connectivity index is 2.16. The molecule has 0 spiro atoms. The molecule has 20 heavy (non-hydrogen) atoms. The summed E-state index contributed by atoms with van der Waals surface area (Å²) in [6.07, 6.45) is -4.68. The largest absolute Gasteiger partial charge is 0.573 e. The minimum Gasteiger partial charge on any atom is -0.406 e. The normalized spacial score (nSPS) is 11.6. The van der Waals surface area contributed by atoms with E-state index in [4.69, 9.17) is 0 Å². The summed E-state index contributed by atoms with van der Waals surface area (Å²) in [7, 11) is 0. The predicted octanol–water partition coefficient (Wildman–Crippen LogP) is 3.82. The first-order valence-corrected chi connectivity index (χ1v) is 6.87. The molecule has 0 saturated heterocycles.